The molecule has 2 N–H and O–H groups in total. The van der Waals surface area contributed by atoms with Gasteiger partial charge in [0, 0.05) is 37.8 Å². The van der Waals surface area contributed by atoms with Crippen molar-refractivity contribution in [3.05, 3.63) is 44.4 Å². The van der Waals surface area contributed by atoms with Gasteiger partial charge in [-0.05, 0) is 25.8 Å². The number of benzene rings is 1. The van der Waals surface area contributed by atoms with Crippen LogP contribution in [0.25, 0.3) is 11.2 Å². The van der Waals surface area contributed by atoms with E-state index in [4.69, 9.17) is 15.2 Å². The van der Waals surface area contributed by atoms with E-state index in [1.807, 2.05) is 4.90 Å². The second-order valence-electron chi connectivity index (χ2n) is 8.48. The normalized spacial score (nSPS) is 15.7. The van der Waals surface area contributed by atoms with Crippen LogP contribution in [0.5, 0.6) is 11.5 Å². The molecule has 0 bridgehead atoms. The molecule has 186 valence electrons. The number of imidazole rings is 1. The van der Waals surface area contributed by atoms with Crippen molar-refractivity contribution < 1.29 is 13.9 Å². The number of fused-ring (bicyclic) bond motifs is 1. The molecule has 1 atom stereocenters. The van der Waals surface area contributed by atoms with Gasteiger partial charge in [0.05, 0.1) is 27.3 Å². The maximum atomic E-state index is 14.8. The van der Waals surface area contributed by atoms with E-state index in [1.54, 1.807) is 18.5 Å². The average Bonchev–Trinajstić information content (AvgIpc) is 3.24. The number of aromatic nitrogens is 4. The standard InChI is InChI=1S/C24H29FN6O4/c1-5-6-10-30-20-21(27-23(30)29-9-7-8-16(26)14-29)28(2)24(33)31(22(20)32)13-15-11-18(34-3)19(35-4)12-17(15)25/h11-12,16H,7-10,13-14,26H2,1-4H3/t16-/m1/s1. The largest absolute Gasteiger partial charge is 0.493 e. The molecule has 2 aromatic heterocycles. The maximum absolute atomic E-state index is 14.8. The third-order valence-electron chi connectivity index (χ3n) is 6.25. The van der Waals surface area contributed by atoms with Crippen LogP contribution in [0.3, 0.4) is 0 Å². The fourth-order valence-corrected chi connectivity index (χ4v) is 4.43. The number of hydrogen-bond donors (Lipinski definition) is 1. The minimum absolute atomic E-state index is 0.0113. The minimum Gasteiger partial charge on any atom is -0.493 e. The molecule has 3 heterocycles. The summed E-state index contributed by atoms with van der Waals surface area (Å²) in [7, 11) is 4.37. The Morgan fingerprint density at radius 1 is 1.20 bits per heavy atom. The zero-order chi connectivity index (χ0) is 25.3. The van der Waals surface area contributed by atoms with Crippen LogP contribution in [0.15, 0.2) is 21.7 Å². The number of hydrogen-bond acceptors (Lipinski definition) is 7. The highest BCUT2D eigenvalue weighted by atomic mass is 19.1. The molecule has 0 unspecified atom stereocenters. The molecule has 10 nitrogen and oxygen atoms in total. The lowest BCUT2D eigenvalue weighted by Crippen LogP contribution is -2.44. The van der Waals surface area contributed by atoms with Gasteiger partial charge in [-0.25, -0.2) is 9.18 Å². The summed E-state index contributed by atoms with van der Waals surface area (Å²) in [6, 6.07) is 2.58. The second kappa shape index (κ2) is 9.84. The van der Waals surface area contributed by atoms with Gasteiger partial charge in [-0.2, -0.15) is 4.98 Å². The summed E-state index contributed by atoms with van der Waals surface area (Å²) in [5.74, 6) is 6.26. The van der Waals surface area contributed by atoms with E-state index in [0.717, 1.165) is 24.0 Å². The summed E-state index contributed by atoms with van der Waals surface area (Å²) in [6.45, 7) is 2.95. The molecule has 1 saturated heterocycles. The van der Waals surface area contributed by atoms with E-state index in [1.165, 1.54) is 30.9 Å². The summed E-state index contributed by atoms with van der Waals surface area (Å²) in [5.41, 5.74) is 5.58. The Kier molecular flexibility index (Phi) is 6.84. The average molecular weight is 485 g/mol. The Morgan fingerprint density at radius 3 is 2.57 bits per heavy atom. The summed E-state index contributed by atoms with van der Waals surface area (Å²) < 4.78 is 29.2. The lowest BCUT2D eigenvalue weighted by molar-refractivity contribution is 0.351. The number of methoxy groups -OCH3 is 2. The second-order valence-corrected chi connectivity index (χ2v) is 8.48. The van der Waals surface area contributed by atoms with Crippen LogP contribution in [-0.2, 0) is 20.1 Å². The lowest BCUT2D eigenvalue weighted by Gasteiger charge is -2.31. The Bertz CT molecular complexity index is 1440. The van der Waals surface area contributed by atoms with Crippen LogP contribution in [0, 0.1) is 17.7 Å². The number of anilines is 1. The minimum atomic E-state index is -0.620. The first-order valence-corrected chi connectivity index (χ1v) is 11.3. The van der Waals surface area contributed by atoms with Crippen molar-refractivity contribution >= 4 is 17.1 Å². The fraction of sp³-hybridized carbons (Fsp3) is 0.458. The quantitative estimate of drug-likeness (QED) is 0.521. The molecule has 0 saturated carbocycles. The van der Waals surface area contributed by atoms with Gasteiger partial charge >= 0.3 is 5.69 Å². The SMILES string of the molecule is CC#CCn1c(N2CCC[C@@H](N)C2)nc2c1c(=O)n(Cc1cc(OC)c(OC)cc1F)c(=O)n2C. The van der Waals surface area contributed by atoms with E-state index in [-0.39, 0.29) is 41.6 Å². The molecule has 0 radical (unpaired) electrons. The van der Waals surface area contributed by atoms with Gasteiger partial charge in [0.1, 0.15) is 5.82 Å². The third kappa shape index (κ3) is 4.37. The number of ether oxygens (including phenoxy) is 2. The molecule has 0 aliphatic carbocycles. The molecule has 0 spiro atoms. The maximum Gasteiger partial charge on any atom is 0.332 e. The molecule has 35 heavy (non-hydrogen) atoms. The molecule has 1 fully saturated rings. The summed E-state index contributed by atoms with van der Waals surface area (Å²) >= 11 is 0. The van der Waals surface area contributed by atoms with E-state index >= 15 is 0 Å². The first-order valence-electron chi connectivity index (χ1n) is 11.3. The van der Waals surface area contributed by atoms with Gasteiger partial charge in [-0.1, -0.05) is 5.92 Å². The van der Waals surface area contributed by atoms with Gasteiger partial charge in [0.2, 0.25) is 5.95 Å². The van der Waals surface area contributed by atoms with Crippen LogP contribution < -0.4 is 31.4 Å². The molecular weight excluding hydrogens is 455 g/mol. The van der Waals surface area contributed by atoms with Gasteiger partial charge in [0.25, 0.3) is 5.56 Å². The predicted octanol–water partition coefficient (Wildman–Crippen LogP) is 1.05. The summed E-state index contributed by atoms with van der Waals surface area (Å²) in [4.78, 5) is 33.5. The summed E-state index contributed by atoms with van der Waals surface area (Å²) in [5, 5.41) is 0. The van der Waals surface area contributed by atoms with E-state index in [2.05, 4.69) is 16.8 Å². The predicted molar refractivity (Wildman–Crippen MR) is 131 cm³/mol. The van der Waals surface area contributed by atoms with Crippen LogP contribution >= 0.6 is 0 Å². The Labute approximate surface area is 201 Å². The van der Waals surface area contributed by atoms with Crippen molar-refractivity contribution in [2.45, 2.75) is 38.9 Å². The van der Waals surface area contributed by atoms with Gasteiger partial charge in [0.15, 0.2) is 22.7 Å². The number of aryl methyl sites for hydroxylation is 1. The highest BCUT2D eigenvalue weighted by Crippen LogP contribution is 2.30. The molecule has 11 heteroatoms. The molecule has 0 amide bonds. The number of nitrogens with zero attached hydrogens (tertiary/aromatic N) is 5. The zero-order valence-corrected chi connectivity index (χ0v) is 20.3. The molecule has 4 rings (SSSR count). The van der Waals surface area contributed by atoms with Gasteiger partial charge in [-0.15, -0.1) is 5.92 Å². The Hall–Kier alpha value is -3.78. The fourth-order valence-electron chi connectivity index (χ4n) is 4.43. The third-order valence-corrected chi connectivity index (χ3v) is 6.25. The first-order chi connectivity index (χ1) is 16.8. The number of nitrogens with two attached hydrogens (primary N) is 1. The molecule has 1 aliphatic heterocycles. The van der Waals surface area contributed by atoms with Crippen molar-refractivity contribution in [3.63, 3.8) is 0 Å². The number of rotatable bonds is 6. The molecule has 3 aromatic rings. The molecule has 1 aliphatic rings. The Morgan fingerprint density at radius 2 is 1.91 bits per heavy atom. The number of piperidine rings is 1. The van der Waals surface area contributed by atoms with Gasteiger partial charge in [-0.3, -0.25) is 18.5 Å². The van der Waals surface area contributed by atoms with Crippen molar-refractivity contribution in [1.82, 2.24) is 18.7 Å². The van der Waals surface area contributed by atoms with E-state index in [0.29, 0.717) is 18.2 Å². The smallest absolute Gasteiger partial charge is 0.332 e. The lowest BCUT2D eigenvalue weighted by atomic mass is 10.1. The Balaban J connectivity index is 1.91. The topological polar surface area (TPSA) is 110 Å². The van der Waals surface area contributed by atoms with Crippen molar-refractivity contribution in [2.75, 3.05) is 32.2 Å². The van der Waals surface area contributed by atoms with Crippen molar-refractivity contribution in [3.8, 4) is 23.3 Å². The van der Waals surface area contributed by atoms with Crippen LogP contribution in [0.1, 0.15) is 25.3 Å². The monoisotopic (exact) mass is 484 g/mol. The first kappa shape index (κ1) is 24.3. The van der Waals surface area contributed by atoms with Crippen molar-refractivity contribution in [1.29, 1.82) is 0 Å². The highest BCUT2D eigenvalue weighted by molar-refractivity contribution is 5.75. The van der Waals surface area contributed by atoms with Crippen LogP contribution in [0.2, 0.25) is 0 Å². The van der Waals surface area contributed by atoms with E-state index in [9.17, 15) is 14.0 Å². The molecular formula is C24H29FN6O4. The van der Waals surface area contributed by atoms with E-state index < -0.39 is 17.1 Å². The van der Waals surface area contributed by atoms with Crippen molar-refractivity contribution in [2.24, 2.45) is 12.8 Å². The molecule has 1 aromatic carbocycles. The number of halogens is 1. The zero-order valence-electron chi connectivity index (χ0n) is 20.3. The van der Waals surface area contributed by atoms with Crippen LogP contribution in [0.4, 0.5) is 10.3 Å². The highest BCUT2D eigenvalue weighted by Gasteiger charge is 2.26. The van der Waals surface area contributed by atoms with Gasteiger partial charge < -0.3 is 20.1 Å². The van der Waals surface area contributed by atoms with Crippen LogP contribution in [-0.4, -0.2) is 52.0 Å². The summed E-state index contributed by atoms with van der Waals surface area (Å²) in [6.07, 6.45) is 1.80.